The molecule has 1 aliphatic rings. The number of halogens is 1. The highest BCUT2D eigenvalue weighted by atomic mass is 79.9. The zero-order valence-electron chi connectivity index (χ0n) is 10.0. The van der Waals surface area contributed by atoms with Crippen molar-refractivity contribution in [3.05, 3.63) is 0 Å². The van der Waals surface area contributed by atoms with Crippen LogP contribution in [0.3, 0.4) is 0 Å². The summed E-state index contributed by atoms with van der Waals surface area (Å²) in [6.45, 7) is 3.03. The molecule has 0 aliphatic carbocycles. The molecule has 0 saturated carbocycles. The van der Waals surface area contributed by atoms with Gasteiger partial charge in [-0.25, -0.2) is 0 Å². The Morgan fingerprint density at radius 2 is 2.38 bits per heavy atom. The minimum atomic E-state index is 0.218. The Labute approximate surface area is 111 Å². The minimum Gasteiger partial charge on any atom is -0.355 e. The first kappa shape index (κ1) is 14.4. The molecule has 2 atom stereocenters. The van der Waals surface area contributed by atoms with E-state index >= 15 is 0 Å². The van der Waals surface area contributed by atoms with Gasteiger partial charge in [0.05, 0.1) is 5.25 Å². The zero-order chi connectivity index (χ0) is 11.8. The van der Waals surface area contributed by atoms with Gasteiger partial charge in [0, 0.05) is 11.9 Å². The molecule has 94 valence electrons. The SMILES string of the molecule is CCC(CCBr)CNC(=O)C1CCCCS1. The molecule has 0 aromatic carbocycles. The van der Waals surface area contributed by atoms with Gasteiger partial charge in [0.1, 0.15) is 0 Å². The average molecular weight is 308 g/mol. The molecule has 2 unspecified atom stereocenters. The maximum Gasteiger partial charge on any atom is 0.233 e. The first-order valence-corrected chi connectivity index (χ1v) is 8.40. The number of alkyl halides is 1. The highest BCUT2D eigenvalue weighted by Gasteiger charge is 2.21. The maximum absolute atomic E-state index is 11.9. The molecule has 0 aromatic rings. The lowest BCUT2D eigenvalue weighted by Crippen LogP contribution is -2.37. The second-order valence-corrected chi connectivity index (χ2v) is 6.46. The average Bonchev–Trinajstić information content (AvgIpc) is 2.35. The fourth-order valence-corrected chi connectivity index (χ4v) is 3.78. The Morgan fingerprint density at radius 3 is 2.94 bits per heavy atom. The van der Waals surface area contributed by atoms with Gasteiger partial charge in [0.2, 0.25) is 5.91 Å². The van der Waals surface area contributed by atoms with E-state index in [1.54, 1.807) is 0 Å². The van der Waals surface area contributed by atoms with Crippen molar-refractivity contribution in [3.63, 3.8) is 0 Å². The molecular formula is C12H22BrNOS. The van der Waals surface area contributed by atoms with Gasteiger partial charge in [0.15, 0.2) is 0 Å². The van der Waals surface area contributed by atoms with E-state index < -0.39 is 0 Å². The summed E-state index contributed by atoms with van der Waals surface area (Å²) < 4.78 is 0. The molecule has 2 nitrogen and oxygen atoms in total. The van der Waals surface area contributed by atoms with Gasteiger partial charge < -0.3 is 5.32 Å². The molecule has 4 heteroatoms. The molecule has 0 spiro atoms. The third-order valence-electron chi connectivity index (χ3n) is 3.13. The van der Waals surface area contributed by atoms with Crippen LogP contribution in [0.1, 0.15) is 39.0 Å². The summed E-state index contributed by atoms with van der Waals surface area (Å²) in [5, 5.41) is 4.35. The number of carbonyl (C=O) groups excluding carboxylic acids is 1. The summed E-state index contributed by atoms with van der Waals surface area (Å²) in [5.74, 6) is 2.03. The first-order chi connectivity index (χ1) is 7.77. The van der Waals surface area contributed by atoms with Gasteiger partial charge in [-0.2, -0.15) is 0 Å². The number of rotatable bonds is 6. The Bertz CT molecular complexity index is 207. The van der Waals surface area contributed by atoms with E-state index in [2.05, 4.69) is 28.2 Å². The molecule has 1 heterocycles. The van der Waals surface area contributed by atoms with Crippen molar-refractivity contribution in [3.8, 4) is 0 Å². The van der Waals surface area contributed by atoms with E-state index in [1.807, 2.05) is 11.8 Å². The Morgan fingerprint density at radius 1 is 1.56 bits per heavy atom. The van der Waals surface area contributed by atoms with Gasteiger partial charge >= 0.3 is 0 Å². The second-order valence-electron chi connectivity index (χ2n) is 4.35. The van der Waals surface area contributed by atoms with Gasteiger partial charge in [0.25, 0.3) is 0 Å². The van der Waals surface area contributed by atoms with Crippen molar-refractivity contribution < 1.29 is 4.79 Å². The van der Waals surface area contributed by atoms with Crippen LogP contribution in [0.4, 0.5) is 0 Å². The Balaban J connectivity index is 2.22. The molecule has 0 bridgehead atoms. The predicted molar refractivity (Wildman–Crippen MR) is 75.3 cm³/mol. The van der Waals surface area contributed by atoms with Crippen molar-refractivity contribution in [1.29, 1.82) is 0 Å². The van der Waals surface area contributed by atoms with Crippen molar-refractivity contribution in [2.45, 2.75) is 44.3 Å². The highest BCUT2D eigenvalue weighted by Crippen LogP contribution is 2.25. The lowest BCUT2D eigenvalue weighted by atomic mass is 10.0. The zero-order valence-corrected chi connectivity index (χ0v) is 12.4. The van der Waals surface area contributed by atoms with E-state index in [-0.39, 0.29) is 11.2 Å². The van der Waals surface area contributed by atoms with Crippen molar-refractivity contribution in [2.75, 3.05) is 17.6 Å². The number of hydrogen-bond acceptors (Lipinski definition) is 2. The van der Waals surface area contributed by atoms with E-state index in [1.165, 1.54) is 12.8 Å². The van der Waals surface area contributed by atoms with Crippen LogP contribution in [0.15, 0.2) is 0 Å². The van der Waals surface area contributed by atoms with Gasteiger partial charge in [-0.15, -0.1) is 11.8 Å². The molecule has 0 aromatic heterocycles. The van der Waals surface area contributed by atoms with Crippen LogP contribution in [-0.4, -0.2) is 28.8 Å². The smallest absolute Gasteiger partial charge is 0.233 e. The summed E-state index contributed by atoms with van der Waals surface area (Å²) in [5.41, 5.74) is 0. The molecule has 16 heavy (non-hydrogen) atoms. The third kappa shape index (κ3) is 5.09. The monoisotopic (exact) mass is 307 g/mol. The lowest BCUT2D eigenvalue weighted by molar-refractivity contribution is -0.120. The molecule has 1 saturated heterocycles. The summed E-state index contributed by atoms with van der Waals surface area (Å²) >= 11 is 5.28. The number of hydrogen-bond donors (Lipinski definition) is 1. The topological polar surface area (TPSA) is 29.1 Å². The largest absolute Gasteiger partial charge is 0.355 e. The molecule has 1 amide bonds. The molecule has 1 N–H and O–H groups in total. The molecule has 1 rings (SSSR count). The summed E-state index contributed by atoms with van der Waals surface area (Å²) in [7, 11) is 0. The highest BCUT2D eigenvalue weighted by molar-refractivity contribution is 9.09. The fraction of sp³-hybridized carbons (Fsp3) is 0.917. The molecule has 0 radical (unpaired) electrons. The van der Waals surface area contributed by atoms with Gasteiger partial charge in [-0.3, -0.25) is 4.79 Å². The normalized spacial score (nSPS) is 22.8. The Kier molecular flexibility index (Phi) is 7.54. The molecule has 1 aliphatic heterocycles. The number of carbonyl (C=O) groups is 1. The minimum absolute atomic E-state index is 0.218. The third-order valence-corrected chi connectivity index (χ3v) is 4.97. The van der Waals surface area contributed by atoms with Crippen LogP contribution in [0.2, 0.25) is 0 Å². The van der Waals surface area contributed by atoms with Gasteiger partial charge in [-0.05, 0) is 30.9 Å². The second kappa shape index (κ2) is 8.40. The standard InChI is InChI=1S/C12H22BrNOS/c1-2-10(6-7-13)9-14-12(15)11-5-3-4-8-16-11/h10-11H,2-9H2,1H3,(H,14,15). The summed E-state index contributed by atoms with van der Waals surface area (Å²) in [6.07, 6.45) is 5.84. The van der Waals surface area contributed by atoms with E-state index in [0.29, 0.717) is 5.92 Å². The van der Waals surface area contributed by atoms with Crippen molar-refractivity contribution in [2.24, 2.45) is 5.92 Å². The Hall–Kier alpha value is 0.300. The van der Waals surface area contributed by atoms with Crippen LogP contribution in [0.5, 0.6) is 0 Å². The molecule has 1 fully saturated rings. The van der Waals surface area contributed by atoms with E-state index in [9.17, 15) is 4.79 Å². The number of amides is 1. The van der Waals surface area contributed by atoms with E-state index in [4.69, 9.17) is 0 Å². The van der Waals surface area contributed by atoms with Crippen LogP contribution in [-0.2, 0) is 4.79 Å². The van der Waals surface area contributed by atoms with Crippen LogP contribution < -0.4 is 5.32 Å². The summed E-state index contributed by atoms with van der Waals surface area (Å²) in [4.78, 5) is 11.9. The van der Waals surface area contributed by atoms with Crippen LogP contribution in [0.25, 0.3) is 0 Å². The first-order valence-electron chi connectivity index (χ1n) is 6.23. The van der Waals surface area contributed by atoms with Crippen molar-refractivity contribution in [1.82, 2.24) is 5.32 Å². The molecular weight excluding hydrogens is 286 g/mol. The van der Waals surface area contributed by atoms with E-state index in [0.717, 1.165) is 36.9 Å². The number of nitrogens with one attached hydrogen (secondary N) is 1. The van der Waals surface area contributed by atoms with Gasteiger partial charge in [-0.1, -0.05) is 35.7 Å². The van der Waals surface area contributed by atoms with Crippen molar-refractivity contribution >= 4 is 33.6 Å². The van der Waals surface area contributed by atoms with Crippen LogP contribution in [0, 0.1) is 5.92 Å². The number of thioether (sulfide) groups is 1. The summed E-state index contributed by atoms with van der Waals surface area (Å²) in [6, 6.07) is 0. The van der Waals surface area contributed by atoms with Crippen LogP contribution >= 0.6 is 27.7 Å². The maximum atomic E-state index is 11.9. The lowest BCUT2D eigenvalue weighted by Gasteiger charge is -2.22. The predicted octanol–water partition coefficient (Wildman–Crippen LogP) is 3.20. The quantitative estimate of drug-likeness (QED) is 0.764. The fourth-order valence-electron chi connectivity index (χ4n) is 1.91.